The molecule has 1 aliphatic rings. The number of hydrogen-bond donors (Lipinski definition) is 3. The fraction of sp³-hybridized carbons (Fsp3) is 0.364. The Kier molecular flexibility index (Phi) is 7.35. The monoisotopic (exact) mass is 418 g/mol. The van der Waals surface area contributed by atoms with Gasteiger partial charge < -0.3 is 20.7 Å². The molecule has 2 amide bonds. The number of carbonyl (C=O) groups is 2. The lowest BCUT2D eigenvalue weighted by molar-refractivity contribution is -0.899. The Balaban J connectivity index is 1.72. The van der Waals surface area contributed by atoms with E-state index in [4.69, 9.17) is 5.73 Å². The third kappa shape index (κ3) is 6.00. The van der Waals surface area contributed by atoms with E-state index in [1.54, 1.807) is 12.1 Å². The van der Waals surface area contributed by atoms with Crippen molar-refractivity contribution in [2.45, 2.75) is 25.5 Å². The summed E-state index contributed by atoms with van der Waals surface area (Å²) >= 11 is 0. The van der Waals surface area contributed by atoms with Crippen LogP contribution in [0.2, 0.25) is 0 Å². The molecule has 1 aliphatic heterocycles. The number of rotatable bonds is 8. The molecule has 0 bridgehead atoms. The van der Waals surface area contributed by atoms with E-state index in [0.717, 1.165) is 35.4 Å². The first-order valence-electron chi connectivity index (χ1n) is 9.94. The van der Waals surface area contributed by atoms with Crippen molar-refractivity contribution in [3.8, 4) is 5.75 Å². The predicted molar refractivity (Wildman–Crippen MR) is 107 cm³/mol. The molecule has 30 heavy (non-hydrogen) atoms. The standard InChI is InChI=1S/C22H25F2N3O3/c23-22(24)30-18-10-8-16(9-11-18)20(15-5-2-1-3-6-15)26-19(28)14-27-12-4-7-17(13-27)21(25)29/h1-3,5-6,8-11,17,20,22H,4,7,12-14H2,(H2,25,29)(H,26,28)/p+1/t17-,20-/m0/s1. The van der Waals surface area contributed by atoms with Gasteiger partial charge in [0.1, 0.15) is 5.75 Å². The Morgan fingerprint density at radius 3 is 2.40 bits per heavy atom. The summed E-state index contributed by atoms with van der Waals surface area (Å²) in [6.07, 6.45) is 1.62. The summed E-state index contributed by atoms with van der Waals surface area (Å²) in [4.78, 5) is 25.3. The highest BCUT2D eigenvalue weighted by Crippen LogP contribution is 2.24. The maximum Gasteiger partial charge on any atom is 0.387 e. The van der Waals surface area contributed by atoms with Gasteiger partial charge in [0.25, 0.3) is 5.91 Å². The maximum absolute atomic E-state index is 12.8. The van der Waals surface area contributed by atoms with Crippen LogP contribution in [0.1, 0.15) is 30.0 Å². The molecule has 3 rings (SSSR count). The lowest BCUT2D eigenvalue weighted by Crippen LogP contribution is -3.15. The van der Waals surface area contributed by atoms with Gasteiger partial charge in [-0.3, -0.25) is 9.59 Å². The van der Waals surface area contributed by atoms with Crippen LogP contribution in [0.4, 0.5) is 8.78 Å². The minimum Gasteiger partial charge on any atom is -0.435 e. The van der Waals surface area contributed by atoms with Crippen LogP contribution in [0.15, 0.2) is 54.6 Å². The van der Waals surface area contributed by atoms with Crippen molar-refractivity contribution < 1.29 is 28.0 Å². The quantitative estimate of drug-likeness (QED) is 0.604. The second kappa shape index (κ2) is 10.2. The number of ether oxygens (including phenoxy) is 1. The number of nitrogens with two attached hydrogens (primary N) is 1. The molecule has 0 spiro atoms. The number of piperidine rings is 1. The third-order valence-corrected chi connectivity index (χ3v) is 5.31. The van der Waals surface area contributed by atoms with Gasteiger partial charge in [-0.25, -0.2) is 0 Å². The molecule has 4 N–H and O–H groups in total. The largest absolute Gasteiger partial charge is 0.435 e. The molecule has 8 heteroatoms. The van der Waals surface area contributed by atoms with Gasteiger partial charge in [-0.1, -0.05) is 42.5 Å². The van der Waals surface area contributed by atoms with Crippen molar-refractivity contribution in [2.75, 3.05) is 19.6 Å². The Morgan fingerprint density at radius 1 is 1.10 bits per heavy atom. The molecule has 2 aromatic rings. The molecule has 2 aromatic carbocycles. The molecular formula is C22H26F2N3O3+. The SMILES string of the molecule is NC(=O)[C@H]1CCC[NH+](CC(=O)N[C@@H](c2ccccc2)c2ccc(OC(F)F)cc2)C1. The van der Waals surface area contributed by atoms with Gasteiger partial charge in [0.05, 0.1) is 25.0 Å². The number of amides is 2. The van der Waals surface area contributed by atoms with E-state index in [1.807, 2.05) is 30.3 Å². The zero-order chi connectivity index (χ0) is 21.5. The first-order valence-corrected chi connectivity index (χ1v) is 9.94. The van der Waals surface area contributed by atoms with Gasteiger partial charge in [0, 0.05) is 0 Å². The molecule has 160 valence electrons. The molecule has 0 aliphatic carbocycles. The zero-order valence-corrected chi connectivity index (χ0v) is 16.5. The summed E-state index contributed by atoms with van der Waals surface area (Å²) in [5.41, 5.74) is 7.05. The number of benzene rings is 2. The van der Waals surface area contributed by atoms with E-state index in [-0.39, 0.29) is 30.0 Å². The predicted octanol–water partition coefficient (Wildman–Crippen LogP) is 1.27. The molecule has 3 atom stereocenters. The zero-order valence-electron chi connectivity index (χ0n) is 16.5. The number of nitrogens with one attached hydrogen (secondary N) is 2. The normalized spacial score (nSPS) is 19.8. The number of hydrogen-bond acceptors (Lipinski definition) is 3. The summed E-state index contributed by atoms with van der Waals surface area (Å²) in [7, 11) is 0. The van der Waals surface area contributed by atoms with E-state index >= 15 is 0 Å². The van der Waals surface area contributed by atoms with Crippen molar-refractivity contribution in [1.29, 1.82) is 0 Å². The fourth-order valence-corrected chi connectivity index (χ4v) is 3.84. The van der Waals surface area contributed by atoms with Gasteiger partial charge in [0.2, 0.25) is 5.91 Å². The fourth-order valence-electron chi connectivity index (χ4n) is 3.84. The topological polar surface area (TPSA) is 85.9 Å². The second-order valence-electron chi connectivity index (χ2n) is 7.48. The van der Waals surface area contributed by atoms with Gasteiger partial charge >= 0.3 is 6.61 Å². The maximum atomic E-state index is 12.8. The van der Waals surface area contributed by atoms with E-state index in [2.05, 4.69) is 10.1 Å². The number of halogens is 2. The molecular weight excluding hydrogens is 392 g/mol. The highest BCUT2D eigenvalue weighted by molar-refractivity contribution is 5.78. The van der Waals surface area contributed by atoms with Crippen molar-refractivity contribution in [3.63, 3.8) is 0 Å². The van der Waals surface area contributed by atoms with Crippen LogP contribution in [-0.4, -0.2) is 38.1 Å². The molecule has 6 nitrogen and oxygen atoms in total. The summed E-state index contributed by atoms with van der Waals surface area (Å²) in [5.74, 6) is -0.617. The average molecular weight is 418 g/mol. The molecule has 0 aromatic heterocycles. The third-order valence-electron chi connectivity index (χ3n) is 5.31. The van der Waals surface area contributed by atoms with E-state index < -0.39 is 12.7 Å². The summed E-state index contributed by atoms with van der Waals surface area (Å²) in [6, 6.07) is 15.2. The Hall–Kier alpha value is -3.00. The van der Waals surface area contributed by atoms with Crippen LogP contribution < -0.4 is 20.7 Å². The number of likely N-dealkylation sites (tertiary alicyclic amines) is 1. The molecule has 1 saturated heterocycles. The van der Waals surface area contributed by atoms with Gasteiger partial charge in [-0.2, -0.15) is 8.78 Å². The van der Waals surface area contributed by atoms with Crippen molar-refractivity contribution in [1.82, 2.24) is 5.32 Å². The van der Waals surface area contributed by atoms with Crippen LogP contribution in [0, 0.1) is 5.92 Å². The van der Waals surface area contributed by atoms with Gasteiger partial charge in [-0.15, -0.1) is 0 Å². The Morgan fingerprint density at radius 2 is 1.77 bits per heavy atom. The molecule has 1 heterocycles. The van der Waals surface area contributed by atoms with E-state index in [1.165, 1.54) is 12.1 Å². The van der Waals surface area contributed by atoms with Crippen molar-refractivity contribution in [2.24, 2.45) is 11.7 Å². The molecule has 0 radical (unpaired) electrons. The molecule has 1 unspecified atom stereocenters. The number of carbonyl (C=O) groups excluding carboxylic acids is 2. The summed E-state index contributed by atoms with van der Waals surface area (Å²) in [5, 5.41) is 3.04. The molecule has 0 saturated carbocycles. The Bertz CT molecular complexity index is 846. The van der Waals surface area contributed by atoms with Crippen molar-refractivity contribution >= 4 is 11.8 Å². The average Bonchev–Trinajstić information content (AvgIpc) is 2.73. The Labute approximate surface area is 174 Å². The summed E-state index contributed by atoms with van der Waals surface area (Å²) in [6.45, 7) is -1.29. The minimum atomic E-state index is -2.89. The first-order chi connectivity index (χ1) is 14.4. The van der Waals surface area contributed by atoms with Crippen LogP contribution >= 0.6 is 0 Å². The van der Waals surface area contributed by atoms with Crippen LogP contribution in [0.5, 0.6) is 5.75 Å². The second-order valence-corrected chi connectivity index (χ2v) is 7.48. The summed E-state index contributed by atoms with van der Waals surface area (Å²) < 4.78 is 29.2. The first kappa shape index (κ1) is 21.7. The number of alkyl halides is 2. The molecule has 1 fully saturated rings. The van der Waals surface area contributed by atoms with Crippen LogP contribution in [0.3, 0.4) is 0 Å². The smallest absolute Gasteiger partial charge is 0.387 e. The van der Waals surface area contributed by atoms with Crippen molar-refractivity contribution in [3.05, 3.63) is 65.7 Å². The van der Waals surface area contributed by atoms with E-state index in [9.17, 15) is 18.4 Å². The number of quaternary nitrogens is 1. The van der Waals surface area contributed by atoms with Crippen LogP contribution in [0.25, 0.3) is 0 Å². The van der Waals surface area contributed by atoms with Crippen LogP contribution in [-0.2, 0) is 9.59 Å². The lowest BCUT2D eigenvalue weighted by Gasteiger charge is -2.28. The van der Waals surface area contributed by atoms with E-state index in [0.29, 0.717) is 6.54 Å². The van der Waals surface area contributed by atoms with Gasteiger partial charge in [0.15, 0.2) is 6.54 Å². The highest BCUT2D eigenvalue weighted by Gasteiger charge is 2.29. The van der Waals surface area contributed by atoms with Gasteiger partial charge in [-0.05, 0) is 36.1 Å². The number of primary amides is 1. The minimum absolute atomic E-state index is 0.0575. The lowest BCUT2D eigenvalue weighted by atomic mass is 9.97. The highest BCUT2D eigenvalue weighted by atomic mass is 19.3.